The molecular weight excluding hydrogens is 380 g/mol. The molecule has 0 unspecified atom stereocenters. The van der Waals surface area contributed by atoms with E-state index < -0.39 is 0 Å². The van der Waals surface area contributed by atoms with Crippen LogP contribution in [0.3, 0.4) is 0 Å². The van der Waals surface area contributed by atoms with Crippen LogP contribution in [0.2, 0.25) is 0 Å². The van der Waals surface area contributed by atoms with Crippen molar-refractivity contribution in [2.45, 2.75) is 45.8 Å². The van der Waals surface area contributed by atoms with Crippen LogP contribution in [0.4, 0.5) is 5.69 Å². The highest BCUT2D eigenvalue weighted by molar-refractivity contribution is 7.80. The molecule has 6 heteroatoms. The maximum absolute atomic E-state index is 10.6. The van der Waals surface area contributed by atoms with Crippen molar-refractivity contribution in [3.05, 3.63) is 77.4 Å². The first-order valence-corrected chi connectivity index (χ1v) is 10.3. The molecule has 3 aromatic rings. The van der Waals surface area contributed by atoms with Crippen LogP contribution >= 0.6 is 12.2 Å². The Hall–Kier alpha value is -2.86. The Bertz CT molecular complexity index is 1040. The van der Waals surface area contributed by atoms with Gasteiger partial charge in [-0.3, -0.25) is 4.98 Å². The molecule has 1 aromatic carbocycles. The van der Waals surface area contributed by atoms with Crippen molar-refractivity contribution in [1.29, 1.82) is 0 Å². The van der Waals surface area contributed by atoms with E-state index in [4.69, 9.17) is 12.2 Å². The van der Waals surface area contributed by atoms with Gasteiger partial charge in [-0.15, -0.1) is 0 Å². The fourth-order valence-electron chi connectivity index (χ4n) is 4.49. The quantitative estimate of drug-likeness (QED) is 0.600. The molecule has 0 amide bonds. The maximum Gasteiger partial charge on any atom is 0.174 e. The zero-order valence-electron chi connectivity index (χ0n) is 17.1. The standard InChI is InChI=1S/C23H26N4OS/c1-14(2)26-15(3)13-17(16(26)4)22-21(18-9-7-8-12-24-18)25-23(29)27(22)19-10-5-6-11-20(19)28/h5-14,21-22,28H,1-4H3,(H,25,29)/t21-,22+/m1/s1. The van der Waals surface area contributed by atoms with Gasteiger partial charge in [-0.1, -0.05) is 18.2 Å². The van der Waals surface area contributed by atoms with Crippen molar-refractivity contribution in [3.8, 4) is 5.75 Å². The molecule has 1 saturated heterocycles. The molecule has 0 bridgehead atoms. The highest BCUT2D eigenvalue weighted by Gasteiger charge is 2.43. The maximum atomic E-state index is 10.6. The number of aromatic hydroxyl groups is 1. The van der Waals surface area contributed by atoms with Gasteiger partial charge < -0.3 is 19.9 Å². The first kappa shape index (κ1) is 19.5. The summed E-state index contributed by atoms with van der Waals surface area (Å²) in [6.07, 6.45) is 1.80. The van der Waals surface area contributed by atoms with Gasteiger partial charge in [-0.25, -0.2) is 0 Å². The van der Waals surface area contributed by atoms with Crippen molar-refractivity contribution >= 4 is 23.0 Å². The van der Waals surface area contributed by atoms with Crippen LogP contribution < -0.4 is 10.2 Å². The number of phenols is 1. The fraction of sp³-hybridized carbons (Fsp3) is 0.304. The lowest BCUT2D eigenvalue weighted by atomic mass is 9.96. The molecule has 29 heavy (non-hydrogen) atoms. The number of nitrogens with one attached hydrogen (secondary N) is 1. The van der Waals surface area contributed by atoms with Crippen LogP contribution in [0.25, 0.3) is 0 Å². The molecule has 2 atom stereocenters. The molecule has 4 rings (SSSR count). The van der Waals surface area contributed by atoms with Gasteiger partial charge in [-0.05, 0) is 75.8 Å². The average Bonchev–Trinajstić information content (AvgIpc) is 3.18. The van der Waals surface area contributed by atoms with Gasteiger partial charge in [0.15, 0.2) is 5.11 Å². The van der Waals surface area contributed by atoms with E-state index in [2.05, 4.69) is 48.6 Å². The van der Waals surface area contributed by atoms with E-state index >= 15 is 0 Å². The number of anilines is 1. The van der Waals surface area contributed by atoms with Crippen LogP contribution in [0.1, 0.15) is 54.6 Å². The summed E-state index contributed by atoms with van der Waals surface area (Å²) in [5.74, 6) is 0.209. The van der Waals surface area contributed by atoms with E-state index in [1.165, 1.54) is 17.0 Å². The molecule has 2 aromatic heterocycles. The molecule has 3 heterocycles. The second-order valence-electron chi connectivity index (χ2n) is 7.78. The molecule has 1 aliphatic rings. The number of rotatable bonds is 4. The molecule has 0 aliphatic carbocycles. The predicted octanol–water partition coefficient (Wildman–Crippen LogP) is 4.96. The SMILES string of the molecule is Cc1cc([C@H]2[C@@H](c3ccccn3)NC(=S)N2c2ccccc2O)c(C)n1C(C)C. The molecule has 2 N–H and O–H groups in total. The Morgan fingerprint density at radius 2 is 1.83 bits per heavy atom. The van der Waals surface area contributed by atoms with Gasteiger partial charge in [0.1, 0.15) is 5.75 Å². The van der Waals surface area contributed by atoms with Crippen LogP contribution in [-0.2, 0) is 0 Å². The highest BCUT2D eigenvalue weighted by Crippen LogP contribution is 2.45. The third-order valence-corrected chi connectivity index (χ3v) is 5.91. The summed E-state index contributed by atoms with van der Waals surface area (Å²) in [6.45, 7) is 8.68. The summed E-state index contributed by atoms with van der Waals surface area (Å²) >= 11 is 5.74. The van der Waals surface area contributed by atoms with Crippen molar-refractivity contribution in [3.63, 3.8) is 0 Å². The minimum absolute atomic E-state index is 0.121. The largest absolute Gasteiger partial charge is 0.506 e. The van der Waals surface area contributed by atoms with Crippen LogP contribution in [0.15, 0.2) is 54.7 Å². The molecule has 1 fully saturated rings. The third-order valence-electron chi connectivity index (χ3n) is 5.60. The molecule has 150 valence electrons. The van der Waals surface area contributed by atoms with Crippen molar-refractivity contribution in [2.75, 3.05) is 4.90 Å². The Labute approximate surface area is 177 Å². The topological polar surface area (TPSA) is 53.3 Å². The number of pyridine rings is 1. The molecule has 0 saturated carbocycles. The first-order chi connectivity index (χ1) is 13.9. The number of aryl methyl sites for hydroxylation is 1. The smallest absolute Gasteiger partial charge is 0.174 e. The van der Waals surface area contributed by atoms with Gasteiger partial charge >= 0.3 is 0 Å². The van der Waals surface area contributed by atoms with E-state index in [-0.39, 0.29) is 17.8 Å². The monoisotopic (exact) mass is 406 g/mol. The van der Waals surface area contributed by atoms with E-state index in [1.54, 1.807) is 12.3 Å². The lowest BCUT2D eigenvalue weighted by Gasteiger charge is -2.28. The minimum atomic E-state index is -0.121. The van der Waals surface area contributed by atoms with Crippen LogP contribution in [0, 0.1) is 13.8 Å². The Balaban J connectivity index is 1.92. The summed E-state index contributed by atoms with van der Waals surface area (Å²) in [7, 11) is 0. The third kappa shape index (κ3) is 3.27. The zero-order valence-corrected chi connectivity index (χ0v) is 17.9. The lowest BCUT2D eigenvalue weighted by Crippen LogP contribution is -2.29. The normalized spacial score (nSPS) is 19.1. The number of nitrogens with zero attached hydrogens (tertiary/aromatic N) is 3. The second kappa shape index (κ2) is 7.52. The van der Waals surface area contributed by atoms with Gasteiger partial charge in [0, 0.05) is 23.6 Å². The van der Waals surface area contributed by atoms with Crippen LogP contribution in [-0.4, -0.2) is 19.8 Å². The van der Waals surface area contributed by atoms with Gasteiger partial charge in [0.05, 0.1) is 23.5 Å². The van der Waals surface area contributed by atoms with Gasteiger partial charge in [-0.2, -0.15) is 0 Å². The van der Waals surface area contributed by atoms with Crippen molar-refractivity contribution in [2.24, 2.45) is 0 Å². The second-order valence-corrected chi connectivity index (χ2v) is 8.16. The molecule has 5 nitrogen and oxygen atoms in total. The minimum Gasteiger partial charge on any atom is -0.506 e. The number of phenolic OH excluding ortho intramolecular Hbond substituents is 1. The van der Waals surface area contributed by atoms with E-state index in [0.29, 0.717) is 16.8 Å². The van der Waals surface area contributed by atoms with E-state index in [9.17, 15) is 5.11 Å². The summed E-state index contributed by atoms with van der Waals surface area (Å²) in [5.41, 5.74) is 5.22. The fourth-order valence-corrected chi connectivity index (χ4v) is 4.83. The number of benzene rings is 1. The first-order valence-electron chi connectivity index (χ1n) is 9.87. The number of para-hydroxylation sites is 2. The Morgan fingerprint density at radius 3 is 2.45 bits per heavy atom. The number of aromatic nitrogens is 2. The number of thiocarbonyl (C=S) groups is 1. The number of hydrogen-bond acceptors (Lipinski definition) is 3. The molecule has 1 aliphatic heterocycles. The summed E-state index contributed by atoms with van der Waals surface area (Å²) < 4.78 is 2.34. The Morgan fingerprint density at radius 1 is 1.10 bits per heavy atom. The van der Waals surface area contributed by atoms with E-state index in [1.807, 2.05) is 41.3 Å². The molecule has 0 spiro atoms. The van der Waals surface area contributed by atoms with Gasteiger partial charge in [0.25, 0.3) is 0 Å². The van der Waals surface area contributed by atoms with Crippen molar-refractivity contribution < 1.29 is 5.11 Å². The molecule has 0 radical (unpaired) electrons. The lowest BCUT2D eigenvalue weighted by molar-refractivity contribution is 0.472. The van der Waals surface area contributed by atoms with Gasteiger partial charge in [0.2, 0.25) is 0 Å². The predicted molar refractivity (Wildman–Crippen MR) is 120 cm³/mol. The highest BCUT2D eigenvalue weighted by atomic mass is 32.1. The molecular formula is C23H26N4OS. The summed E-state index contributed by atoms with van der Waals surface area (Å²) in [5, 5.41) is 14.6. The Kier molecular flexibility index (Phi) is 5.04. The van der Waals surface area contributed by atoms with E-state index in [0.717, 1.165) is 5.69 Å². The summed E-state index contributed by atoms with van der Waals surface area (Å²) in [6, 6.07) is 15.6. The van der Waals surface area contributed by atoms with Crippen molar-refractivity contribution in [1.82, 2.24) is 14.9 Å². The van der Waals surface area contributed by atoms with Crippen LogP contribution in [0.5, 0.6) is 5.75 Å². The summed E-state index contributed by atoms with van der Waals surface area (Å²) in [4.78, 5) is 6.62. The zero-order chi connectivity index (χ0) is 20.7. The number of hydrogen-bond donors (Lipinski definition) is 2. The average molecular weight is 407 g/mol.